The van der Waals surface area contributed by atoms with Crippen LogP contribution in [0.3, 0.4) is 0 Å². The lowest BCUT2D eigenvalue weighted by molar-refractivity contribution is -0.115. The van der Waals surface area contributed by atoms with Gasteiger partial charge in [0.15, 0.2) is 0 Å². The SMILES string of the molecule is CN(C)C=O.O=C(O)c1cc2cc(Br)ccc2[nH]1. The maximum Gasteiger partial charge on any atom is 0.352 e. The van der Waals surface area contributed by atoms with E-state index >= 15 is 0 Å². The van der Waals surface area contributed by atoms with Crippen LogP contribution in [0.2, 0.25) is 0 Å². The van der Waals surface area contributed by atoms with Gasteiger partial charge >= 0.3 is 5.97 Å². The minimum atomic E-state index is -0.938. The van der Waals surface area contributed by atoms with Crippen LogP contribution in [-0.4, -0.2) is 41.5 Å². The van der Waals surface area contributed by atoms with Crippen LogP contribution in [0.25, 0.3) is 10.9 Å². The standard InChI is InChI=1S/C9H6BrNO2.C3H7NO/c10-6-1-2-7-5(3-6)4-8(11-7)9(12)13;1-4(2)3-5/h1-4,11H,(H,12,13);3H,1-2H3. The highest BCUT2D eigenvalue weighted by Gasteiger charge is 2.06. The monoisotopic (exact) mass is 312 g/mol. The first-order chi connectivity index (χ1) is 8.43. The Morgan fingerprint density at radius 3 is 2.50 bits per heavy atom. The second kappa shape index (κ2) is 6.20. The van der Waals surface area contributed by atoms with Crippen molar-refractivity contribution >= 4 is 39.2 Å². The molecule has 5 nitrogen and oxygen atoms in total. The second-order valence-electron chi connectivity index (χ2n) is 3.79. The molecule has 0 aliphatic carbocycles. The number of fused-ring (bicyclic) bond motifs is 1. The molecule has 1 aromatic carbocycles. The Morgan fingerprint density at radius 1 is 1.39 bits per heavy atom. The van der Waals surface area contributed by atoms with Crippen molar-refractivity contribution in [2.75, 3.05) is 14.1 Å². The Bertz CT molecular complexity index is 563. The van der Waals surface area contributed by atoms with Gasteiger partial charge in [-0.2, -0.15) is 0 Å². The molecule has 2 N–H and O–H groups in total. The van der Waals surface area contributed by atoms with Gasteiger partial charge in [0.05, 0.1) is 0 Å². The Hall–Kier alpha value is -1.82. The van der Waals surface area contributed by atoms with Gasteiger partial charge in [0.1, 0.15) is 5.69 Å². The third-order valence-electron chi connectivity index (χ3n) is 2.02. The molecule has 96 valence electrons. The summed E-state index contributed by atoms with van der Waals surface area (Å²) in [6, 6.07) is 7.19. The van der Waals surface area contributed by atoms with Crippen LogP contribution in [0, 0.1) is 0 Å². The van der Waals surface area contributed by atoms with Crippen molar-refractivity contribution in [3.8, 4) is 0 Å². The Morgan fingerprint density at radius 2 is 2.00 bits per heavy atom. The van der Waals surface area contributed by atoms with E-state index in [0.717, 1.165) is 21.8 Å². The van der Waals surface area contributed by atoms with Gasteiger partial charge in [-0.1, -0.05) is 15.9 Å². The molecular formula is C12H13BrN2O3. The minimum Gasteiger partial charge on any atom is -0.477 e. The molecule has 1 heterocycles. The summed E-state index contributed by atoms with van der Waals surface area (Å²) < 4.78 is 0.941. The smallest absolute Gasteiger partial charge is 0.352 e. The number of hydrogen-bond acceptors (Lipinski definition) is 2. The lowest BCUT2D eigenvalue weighted by Gasteiger charge is -1.93. The van der Waals surface area contributed by atoms with E-state index < -0.39 is 5.97 Å². The Balaban J connectivity index is 0.000000280. The van der Waals surface area contributed by atoms with Gasteiger partial charge in [-0.3, -0.25) is 4.79 Å². The summed E-state index contributed by atoms with van der Waals surface area (Å²) in [5, 5.41) is 9.61. The molecule has 0 saturated heterocycles. The molecule has 18 heavy (non-hydrogen) atoms. The van der Waals surface area contributed by atoms with Crippen molar-refractivity contribution in [2.24, 2.45) is 0 Å². The Kier molecular flexibility index (Phi) is 4.91. The van der Waals surface area contributed by atoms with Crippen molar-refractivity contribution in [2.45, 2.75) is 0 Å². The van der Waals surface area contributed by atoms with E-state index in [0.29, 0.717) is 0 Å². The largest absolute Gasteiger partial charge is 0.477 e. The van der Waals surface area contributed by atoms with Gasteiger partial charge in [-0.25, -0.2) is 4.79 Å². The van der Waals surface area contributed by atoms with Crippen molar-refractivity contribution in [3.05, 3.63) is 34.4 Å². The lowest BCUT2D eigenvalue weighted by Crippen LogP contribution is -2.06. The van der Waals surface area contributed by atoms with Crippen LogP contribution < -0.4 is 0 Å². The van der Waals surface area contributed by atoms with E-state index in [2.05, 4.69) is 20.9 Å². The zero-order valence-corrected chi connectivity index (χ0v) is 11.6. The van der Waals surface area contributed by atoms with Crippen LogP contribution in [0.15, 0.2) is 28.7 Å². The number of rotatable bonds is 2. The van der Waals surface area contributed by atoms with Crippen molar-refractivity contribution < 1.29 is 14.7 Å². The van der Waals surface area contributed by atoms with Gasteiger partial charge in [0.25, 0.3) is 0 Å². The molecule has 2 aromatic rings. The van der Waals surface area contributed by atoms with E-state index in [9.17, 15) is 9.59 Å². The summed E-state index contributed by atoms with van der Waals surface area (Å²) in [5.74, 6) is -0.938. The summed E-state index contributed by atoms with van der Waals surface area (Å²) in [7, 11) is 3.38. The highest BCUT2D eigenvalue weighted by atomic mass is 79.9. The fourth-order valence-electron chi connectivity index (χ4n) is 1.22. The molecule has 0 spiro atoms. The topological polar surface area (TPSA) is 73.4 Å². The van der Waals surface area contributed by atoms with Crippen LogP contribution >= 0.6 is 15.9 Å². The lowest BCUT2D eigenvalue weighted by atomic mass is 10.2. The number of nitrogens with one attached hydrogen (secondary N) is 1. The highest BCUT2D eigenvalue weighted by molar-refractivity contribution is 9.10. The average molecular weight is 313 g/mol. The third-order valence-corrected chi connectivity index (χ3v) is 2.52. The summed E-state index contributed by atoms with van der Waals surface area (Å²) in [4.78, 5) is 24.3. The number of carboxylic acid groups (broad SMARTS) is 1. The quantitative estimate of drug-likeness (QED) is 0.836. The van der Waals surface area contributed by atoms with Crippen molar-refractivity contribution in [3.63, 3.8) is 0 Å². The second-order valence-corrected chi connectivity index (χ2v) is 4.70. The molecule has 0 aliphatic heterocycles. The molecule has 1 aromatic heterocycles. The van der Waals surface area contributed by atoms with Gasteiger partial charge in [0.2, 0.25) is 6.41 Å². The summed E-state index contributed by atoms with van der Waals surface area (Å²) in [5.41, 5.74) is 1.05. The molecule has 2 rings (SSSR count). The number of nitrogens with zero attached hydrogens (tertiary/aromatic N) is 1. The van der Waals surface area contributed by atoms with Gasteiger partial charge < -0.3 is 15.0 Å². The van der Waals surface area contributed by atoms with Gasteiger partial charge in [-0.15, -0.1) is 0 Å². The maximum absolute atomic E-state index is 10.6. The predicted molar refractivity (Wildman–Crippen MR) is 72.7 cm³/mol. The minimum absolute atomic E-state index is 0.216. The van der Waals surface area contributed by atoms with Crippen LogP contribution in [0.5, 0.6) is 0 Å². The number of aromatic nitrogens is 1. The average Bonchev–Trinajstić information content (AvgIpc) is 2.72. The number of aromatic amines is 1. The van der Waals surface area contributed by atoms with Crippen LogP contribution in [-0.2, 0) is 4.79 Å². The van der Waals surface area contributed by atoms with Crippen LogP contribution in [0.1, 0.15) is 10.5 Å². The summed E-state index contributed by atoms with van der Waals surface area (Å²) >= 11 is 3.32. The van der Waals surface area contributed by atoms with E-state index in [1.807, 2.05) is 18.2 Å². The fraction of sp³-hybridized carbons (Fsp3) is 0.167. The zero-order valence-electron chi connectivity index (χ0n) is 9.98. The third kappa shape index (κ3) is 3.89. The van der Waals surface area contributed by atoms with E-state index in [-0.39, 0.29) is 5.69 Å². The molecule has 0 aliphatic rings. The number of carbonyl (C=O) groups is 2. The number of carbonyl (C=O) groups excluding carboxylic acids is 1. The van der Waals surface area contributed by atoms with Crippen molar-refractivity contribution in [1.82, 2.24) is 9.88 Å². The van der Waals surface area contributed by atoms with E-state index in [4.69, 9.17) is 5.11 Å². The summed E-state index contributed by atoms with van der Waals surface area (Å²) in [6.07, 6.45) is 0.750. The van der Waals surface area contributed by atoms with Crippen LogP contribution in [0.4, 0.5) is 0 Å². The number of benzene rings is 1. The number of hydrogen-bond donors (Lipinski definition) is 2. The molecule has 0 atom stereocenters. The number of H-pyrrole nitrogens is 1. The first-order valence-corrected chi connectivity index (χ1v) is 5.86. The number of carboxylic acids is 1. The molecule has 0 bridgehead atoms. The van der Waals surface area contributed by atoms with Gasteiger partial charge in [-0.05, 0) is 24.3 Å². The normalized spacial score (nSPS) is 9.50. The maximum atomic E-state index is 10.6. The Labute approximate surface area is 113 Å². The molecule has 0 unspecified atom stereocenters. The van der Waals surface area contributed by atoms with E-state index in [1.54, 1.807) is 20.2 Å². The first-order valence-electron chi connectivity index (χ1n) is 5.07. The molecule has 0 fully saturated rings. The summed E-state index contributed by atoms with van der Waals surface area (Å²) in [6.45, 7) is 0. The molecular weight excluding hydrogens is 300 g/mol. The van der Waals surface area contributed by atoms with Gasteiger partial charge in [0, 0.05) is 29.5 Å². The molecule has 6 heteroatoms. The number of amides is 1. The zero-order chi connectivity index (χ0) is 13.7. The predicted octanol–water partition coefficient (Wildman–Crippen LogP) is 2.33. The molecule has 0 radical (unpaired) electrons. The highest BCUT2D eigenvalue weighted by Crippen LogP contribution is 2.20. The number of halogens is 1. The van der Waals surface area contributed by atoms with Crippen molar-refractivity contribution in [1.29, 1.82) is 0 Å². The fourth-order valence-corrected chi connectivity index (χ4v) is 1.60. The first kappa shape index (κ1) is 14.2. The number of aromatic carboxylic acids is 1. The van der Waals surface area contributed by atoms with E-state index in [1.165, 1.54) is 4.90 Å². The molecule has 0 saturated carbocycles. The molecule has 1 amide bonds.